The topological polar surface area (TPSA) is 62.7 Å². The van der Waals surface area contributed by atoms with E-state index >= 15 is 0 Å². The molecule has 0 saturated carbocycles. The summed E-state index contributed by atoms with van der Waals surface area (Å²) >= 11 is 12.2. The third-order valence-corrected chi connectivity index (χ3v) is 7.77. The average molecular weight is 540 g/mol. The van der Waals surface area contributed by atoms with Crippen molar-refractivity contribution in [2.45, 2.75) is 38.5 Å². The fraction of sp³-hybridized carbons (Fsp3) is 0.400. The van der Waals surface area contributed by atoms with Crippen LogP contribution in [0, 0.1) is 23.7 Å². The number of likely N-dealkylation sites (tertiary alicyclic amines) is 1. The summed E-state index contributed by atoms with van der Waals surface area (Å²) < 4.78 is 5.41. The maximum Gasteiger partial charge on any atom is 0.303 e. The van der Waals surface area contributed by atoms with Gasteiger partial charge in [0.15, 0.2) is 0 Å². The van der Waals surface area contributed by atoms with Crippen LogP contribution in [0.25, 0.3) is 10.9 Å². The van der Waals surface area contributed by atoms with Crippen LogP contribution in [0.15, 0.2) is 48.7 Å². The number of benzene rings is 2. The van der Waals surface area contributed by atoms with Gasteiger partial charge in [-0.1, -0.05) is 35.0 Å². The lowest BCUT2D eigenvalue weighted by Gasteiger charge is -2.38. The molecular weight excluding hydrogens is 507 g/mol. The molecule has 1 aliphatic heterocycles. The predicted octanol–water partition coefficient (Wildman–Crippen LogP) is 6.73. The minimum absolute atomic E-state index is 0.204. The Morgan fingerprint density at radius 1 is 1.16 bits per heavy atom. The molecule has 0 unspecified atom stereocenters. The number of carbonyl (C=O) groups is 1. The van der Waals surface area contributed by atoms with Gasteiger partial charge in [0.1, 0.15) is 5.75 Å². The third-order valence-electron chi connectivity index (χ3n) is 7.22. The fourth-order valence-electron chi connectivity index (χ4n) is 5.23. The van der Waals surface area contributed by atoms with Crippen molar-refractivity contribution in [2.75, 3.05) is 26.7 Å². The highest BCUT2D eigenvalue weighted by molar-refractivity contribution is 6.35. The molecule has 1 N–H and O–H groups in total. The molecule has 4 rings (SSSR count). The molecule has 3 aromatic rings. The molecule has 7 heteroatoms. The van der Waals surface area contributed by atoms with Crippen molar-refractivity contribution in [1.29, 1.82) is 0 Å². The largest absolute Gasteiger partial charge is 0.497 e. The smallest absolute Gasteiger partial charge is 0.303 e. The number of aliphatic carboxylic acids is 1. The Balaban J connectivity index is 1.36. The number of halogens is 2. The molecule has 1 aliphatic rings. The first kappa shape index (κ1) is 27.3. The molecule has 37 heavy (non-hydrogen) atoms. The van der Waals surface area contributed by atoms with E-state index in [0.29, 0.717) is 34.8 Å². The van der Waals surface area contributed by atoms with Crippen molar-refractivity contribution < 1.29 is 14.6 Å². The van der Waals surface area contributed by atoms with Gasteiger partial charge >= 0.3 is 5.97 Å². The Morgan fingerprint density at radius 3 is 2.81 bits per heavy atom. The number of hydrogen-bond acceptors (Lipinski definition) is 4. The Morgan fingerprint density at radius 2 is 2.03 bits per heavy atom. The molecule has 1 fully saturated rings. The first-order valence-corrected chi connectivity index (χ1v) is 13.5. The van der Waals surface area contributed by atoms with Crippen molar-refractivity contribution >= 4 is 40.1 Å². The van der Waals surface area contributed by atoms with E-state index in [-0.39, 0.29) is 6.42 Å². The number of piperidine rings is 1. The monoisotopic (exact) mass is 538 g/mol. The van der Waals surface area contributed by atoms with Gasteiger partial charge in [0.05, 0.1) is 24.2 Å². The average Bonchev–Trinajstić information content (AvgIpc) is 2.89. The summed E-state index contributed by atoms with van der Waals surface area (Å²) in [7, 11) is 1.68. The second kappa shape index (κ2) is 13.1. The number of hydrogen-bond donors (Lipinski definition) is 1. The number of fused-ring (bicyclic) bond motifs is 1. The molecule has 2 aromatic carbocycles. The number of methoxy groups -OCH3 is 1. The number of carboxylic acid groups (broad SMARTS) is 1. The zero-order chi connectivity index (χ0) is 26.2. The molecular formula is C30H32Cl2N2O3. The van der Waals surface area contributed by atoms with Crippen LogP contribution in [0.5, 0.6) is 5.75 Å². The van der Waals surface area contributed by atoms with Crippen LogP contribution in [-0.4, -0.2) is 47.7 Å². The number of nitrogens with zero attached hydrogens (tertiary/aromatic N) is 2. The van der Waals surface area contributed by atoms with Gasteiger partial charge < -0.3 is 9.84 Å². The summed E-state index contributed by atoms with van der Waals surface area (Å²) in [5, 5.41) is 11.6. The van der Waals surface area contributed by atoms with Gasteiger partial charge in [0.2, 0.25) is 0 Å². The lowest BCUT2D eigenvalue weighted by molar-refractivity contribution is -0.137. The van der Waals surface area contributed by atoms with Gasteiger partial charge in [-0.3, -0.25) is 14.7 Å². The molecule has 2 atom stereocenters. The first-order chi connectivity index (χ1) is 17.9. The number of aromatic nitrogens is 1. The summed E-state index contributed by atoms with van der Waals surface area (Å²) in [6.07, 6.45) is 6.93. The summed E-state index contributed by atoms with van der Waals surface area (Å²) in [6.45, 7) is 2.48. The molecule has 0 amide bonds. The van der Waals surface area contributed by atoms with Gasteiger partial charge in [-0.2, -0.15) is 0 Å². The van der Waals surface area contributed by atoms with E-state index in [4.69, 9.17) is 27.9 Å². The van der Waals surface area contributed by atoms with E-state index in [1.165, 1.54) is 5.56 Å². The van der Waals surface area contributed by atoms with Gasteiger partial charge in [0.25, 0.3) is 0 Å². The van der Waals surface area contributed by atoms with Crippen LogP contribution in [0.3, 0.4) is 0 Å². The summed E-state index contributed by atoms with van der Waals surface area (Å²) in [5.41, 5.74) is 3.02. The molecule has 2 heterocycles. The normalized spacial score (nSPS) is 17.8. The second-order valence-corrected chi connectivity index (χ2v) is 10.5. The minimum atomic E-state index is -0.731. The van der Waals surface area contributed by atoms with E-state index in [2.05, 4.69) is 33.9 Å². The molecule has 0 radical (unpaired) electrons. The van der Waals surface area contributed by atoms with Crippen molar-refractivity contribution in [3.63, 3.8) is 0 Å². The summed E-state index contributed by atoms with van der Waals surface area (Å²) in [5.74, 6) is 7.35. The van der Waals surface area contributed by atoms with Crippen LogP contribution in [0.2, 0.25) is 10.0 Å². The van der Waals surface area contributed by atoms with Crippen LogP contribution >= 0.6 is 23.2 Å². The fourth-order valence-corrected chi connectivity index (χ4v) is 5.69. The third kappa shape index (κ3) is 7.61. The molecule has 1 saturated heterocycles. The van der Waals surface area contributed by atoms with Gasteiger partial charge in [-0.15, -0.1) is 0 Å². The highest BCUT2D eigenvalue weighted by Gasteiger charge is 2.29. The second-order valence-electron chi connectivity index (χ2n) is 9.65. The van der Waals surface area contributed by atoms with E-state index in [1.54, 1.807) is 19.2 Å². The summed E-state index contributed by atoms with van der Waals surface area (Å²) in [6, 6.07) is 13.4. The number of ether oxygens (including phenoxy) is 1. The quantitative estimate of drug-likeness (QED) is 0.306. The number of rotatable bonds is 9. The first-order valence-electron chi connectivity index (χ1n) is 12.7. The molecule has 5 nitrogen and oxygen atoms in total. The number of carboxylic acids is 1. The molecule has 0 aliphatic carbocycles. The van der Waals surface area contributed by atoms with Crippen molar-refractivity contribution in [2.24, 2.45) is 11.8 Å². The van der Waals surface area contributed by atoms with Gasteiger partial charge in [-0.05, 0) is 98.5 Å². The van der Waals surface area contributed by atoms with Crippen LogP contribution in [-0.2, 0) is 11.2 Å². The maximum absolute atomic E-state index is 11.3. The Labute approximate surface area is 228 Å². The highest BCUT2D eigenvalue weighted by atomic mass is 35.5. The minimum Gasteiger partial charge on any atom is -0.497 e. The van der Waals surface area contributed by atoms with E-state index in [0.717, 1.165) is 61.0 Å². The molecule has 194 valence electrons. The molecule has 0 spiro atoms. The zero-order valence-corrected chi connectivity index (χ0v) is 22.6. The van der Waals surface area contributed by atoms with Gasteiger partial charge in [0, 0.05) is 35.1 Å². The van der Waals surface area contributed by atoms with Gasteiger partial charge in [-0.25, -0.2) is 0 Å². The predicted molar refractivity (Wildman–Crippen MR) is 149 cm³/mol. The zero-order valence-electron chi connectivity index (χ0n) is 21.1. The van der Waals surface area contributed by atoms with Crippen molar-refractivity contribution in [3.05, 3.63) is 69.8 Å². The van der Waals surface area contributed by atoms with E-state index in [9.17, 15) is 9.90 Å². The Bertz CT molecular complexity index is 1300. The van der Waals surface area contributed by atoms with Crippen molar-refractivity contribution in [3.8, 4) is 17.6 Å². The van der Waals surface area contributed by atoms with Crippen LogP contribution < -0.4 is 4.74 Å². The SMILES string of the molecule is COc1ccc2nccc(CCC[C@@H]3CCN(CC#Cc4ccc(Cl)cc4Cl)C[C@@H]3CCC(=O)O)c2c1. The van der Waals surface area contributed by atoms with E-state index in [1.807, 2.05) is 24.4 Å². The molecule has 0 bridgehead atoms. The molecule has 1 aromatic heterocycles. The number of pyridine rings is 1. The number of aryl methyl sites for hydroxylation is 1. The highest BCUT2D eigenvalue weighted by Crippen LogP contribution is 2.32. The maximum atomic E-state index is 11.3. The van der Waals surface area contributed by atoms with Crippen LogP contribution in [0.4, 0.5) is 0 Å². The van der Waals surface area contributed by atoms with Crippen molar-refractivity contribution in [1.82, 2.24) is 9.88 Å². The Kier molecular flexibility index (Phi) is 9.68. The lowest BCUT2D eigenvalue weighted by atomic mass is 9.79. The Hall–Kier alpha value is -2.78. The lowest BCUT2D eigenvalue weighted by Crippen LogP contribution is -2.41. The van der Waals surface area contributed by atoms with Crippen LogP contribution in [0.1, 0.15) is 43.2 Å². The summed E-state index contributed by atoms with van der Waals surface area (Å²) in [4.78, 5) is 18.1. The van der Waals surface area contributed by atoms with E-state index < -0.39 is 5.97 Å². The standard InChI is InChI=1S/C30H32Cl2N2O3/c1-37-26-10-11-29-27(19-26)22(13-15-33-29)5-2-4-21-14-17-34(20-24(21)8-12-30(35)36)16-3-6-23-7-9-25(31)18-28(23)32/h7,9-11,13,15,18-19,21,24H,2,4-5,8,12,14,16-17,20H2,1H3,(H,35,36)/t21-,24+/m1/s1.